The van der Waals surface area contributed by atoms with E-state index < -0.39 is 0 Å². The van der Waals surface area contributed by atoms with Crippen molar-refractivity contribution in [3.05, 3.63) is 146 Å². The molecule has 0 aliphatic rings. The average molecular weight is 582 g/mol. The molecule has 0 atom stereocenters. The van der Waals surface area contributed by atoms with Crippen molar-refractivity contribution in [3.63, 3.8) is 0 Å². The van der Waals surface area contributed by atoms with Gasteiger partial charge in [-0.3, -0.25) is 0 Å². The summed E-state index contributed by atoms with van der Waals surface area (Å²) in [5.74, 6) is 2.69. The molecule has 0 saturated heterocycles. The monoisotopic (exact) mass is 581 g/mol. The van der Waals surface area contributed by atoms with Crippen LogP contribution in [0.2, 0.25) is 0 Å². The Bertz CT molecular complexity index is 2250. The molecule has 8 aromatic rings. The van der Waals surface area contributed by atoms with Crippen molar-refractivity contribution in [1.82, 2.24) is 15.0 Å². The van der Waals surface area contributed by atoms with Gasteiger partial charge in [-0.1, -0.05) is 115 Å². The van der Waals surface area contributed by atoms with Gasteiger partial charge in [0.25, 0.3) is 0 Å². The zero-order valence-electron chi connectivity index (χ0n) is 24.5. The predicted octanol–water partition coefficient (Wildman–Crippen LogP) is 10.1. The first-order chi connectivity index (χ1) is 22.2. The molecule has 2 aromatic heterocycles. The first-order valence-electron chi connectivity index (χ1n) is 14.8. The maximum Gasteiger partial charge on any atom is 0.164 e. The quantitative estimate of drug-likeness (QED) is 0.196. The molecule has 0 aliphatic heterocycles. The Morgan fingerprint density at radius 3 is 1.76 bits per heavy atom. The zero-order valence-corrected chi connectivity index (χ0v) is 24.5. The van der Waals surface area contributed by atoms with Gasteiger partial charge in [-0.15, -0.1) is 0 Å². The van der Waals surface area contributed by atoms with Crippen LogP contribution in [0.4, 0.5) is 0 Å². The summed E-state index contributed by atoms with van der Waals surface area (Å²) in [5.41, 5.74) is 8.68. The second kappa shape index (κ2) is 11.2. The summed E-state index contributed by atoms with van der Waals surface area (Å²) in [6.07, 6.45) is 0. The highest BCUT2D eigenvalue weighted by Gasteiger charge is 2.18. The molecule has 0 unspecified atom stereocenters. The van der Waals surface area contributed by atoms with Crippen LogP contribution >= 0.6 is 0 Å². The van der Waals surface area contributed by atoms with E-state index in [0.29, 0.717) is 17.5 Å². The summed E-state index contributed by atoms with van der Waals surface area (Å²) in [7, 11) is 1.70. The van der Waals surface area contributed by atoms with Gasteiger partial charge < -0.3 is 9.15 Å². The fourth-order valence-corrected chi connectivity index (χ4v) is 5.87. The van der Waals surface area contributed by atoms with Crippen molar-refractivity contribution in [2.24, 2.45) is 0 Å². The molecule has 0 bridgehead atoms. The first-order valence-corrected chi connectivity index (χ1v) is 14.8. The molecule has 5 nitrogen and oxygen atoms in total. The fraction of sp³-hybridized carbons (Fsp3) is 0.0250. The van der Waals surface area contributed by atoms with Crippen molar-refractivity contribution in [3.8, 4) is 62.2 Å². The number of fused-ring (bicyclic) bond motifs is 3. The van der Waals surface area contributed by atoms with Crippen molar-refractivity contribution >= 4 is 21.9 Å². The van der Waals surface area contributed by atoms with Gasteiger partial charge in [0, 0.05) is 33.0 Å². The lowest BCUT2D eigenvalue weighted by Gasteiger charge is -2.10. The van der Waals surface area contributed by atoms with E-state index in [1.807, 2.05) is 97.1 Å². The number of furan rings is 1. The minimum atomic E-state index is 0.597. The van der Waals surface area contributed by atoms with E-state index in [2.05, 4.69) is 48.5 Å². The van der Waals surface area contributed by atoms with Gasteiger partial charge in [0.05, 0.1) is 7.11 Å². The number of nitrogens with zero attached hydrogens (tertiary/aromatic N) is 3. The van der Waals surface area contributed by atoms with Crippen molar-refractivity contribution in [2.75, 3.05) is 7.11 Å². The lowest BCUT2D eigenvalue weighted by atomic mass is 9.97. The van der Waals surface area contributed by atoms with Gasteiger partial charge in [0.1, 0.15) is 16.9 Å². The smallest absolute Gasteiger partial charge is 0.164 e. The van der Waals surface area contributed by atoms with E-state index in [-0.39, 0.29) is 0 Å². The molecular formula is C40H27N3O2. The minimum Gasteiger partial charge on any atom is -0.496 e. The zero-order chi connectivity index (χ0) is 30.2. The molecular weight excluding hydrogens is 554 g/mol. The van der Waals surface area contributed by atoms with Crippen molar-refractivity contribution < 1.29 is 9.15 Å². The Morgan fingerprint density at radius 1 is 0.444 bits per heavy atom. The molecule has 0 amide bonds. The second-order valence-electron chi connectivity index (χ2n) is 10.8. The fourth-order valence-electron chi connectivity index (χ4n) is 5.87. The summed E-state index contributed by atoms with van der Waals surface area (Å²) in [6, 6.07) is 49.1. The summed E-state index contributed by atoms with van der Waals surface area (Å²) in [6.45, 7) is 0. The molecule has 0 fully saturated rings. The SMILES string of the molecule is COc1ccccc1-c1cccc(-c2ccc3oc4cccc(-c5nc(-c6ccccc6)nc(-c6ccccc6)n5)c4c3c2)c1. The molecule has 8 rings (SSSR count). The van der Waals surface area contributed by atoms with Gasteiger partial charge in [0.15, 0.2) is 17.5 Å². The third-order valence-corrected chi connectivity index (χ3v) is 8.05. The first kappa shape index (κ1) is 26.5. The molecule has 0 radical (unpaired) electrons. The van der Waals surface area contributed by atoms with E-state index in [4.69, 9.17) is 24.1 Å². The van der Waals surface area contributed by atoms with Gasteiger partial charge in [-0.25, -0.2) is 15.0 Å². The lowest BCUT2D eigenvalue weighted by Crippen LogP contribution is -2.00. The van der Waals surface area contributed by atoms with Crippen LogP contribution in [0.5, 0.6) is 5.75 Å². The summed E-state index contributed by atoms with van der Waals surface area (Å²) in [4.78, 5) is 14.9. The highest BCUT2D eigenvalue weighted by Crippen LogP contribution is 2.39. The largest absolute Gasteiger partial charge is 0.496 e. The van der Waals surface area contributed by atoms with E-state index in [1.54, 1.807) is 7.11 Å². The number of benzene rings is 6. The van der Waals surface area contributed by atoms with Crippen LogP contribution < -0.4 is 4.74 Å². The van der Waals surface area contributed by atoms with E-state index in [9.17, 15) is 0 Å². The topological polar surface area (TPSA) is 61.0 Å². The number of aromatic nitrogens is 3. The standard InChI is InChI=1S/C40H27N3O2/c1-44-34-20-9-8-18-31(34)30-17-10-16-28(24-30)29-22-23-35-33(25-29)37-32(19-11-21-36(37)45-35)40-42-38(26-12-4-2-5-13-26)41-39(43-40)27-14-6-3-7-15-27/h2-25H,1H3. The maximum absolute atomic E-state index is 6.37. The molecule has 45 heavy (non-hydrogen) atoms. The number of rotatable bonds is 6. The molecule has 0 saturated carbocycles. The van der Waals surface area contributed by atoms with Gasteiger partial charge in [-0.05, 0) is 47.0 Å². The minimum absolute atomic E-state index is 0.597. The predicted molar refractivity (Wildman–Crippen MR) is 181 cm³/mol. The van der Waals surface area contributed by atoms with Crippen molar-refractivity contribution in [2.45, 2.75) is 0 Å². The number of hydrogen-bond donors (Lipinski definition) is 0. The third kappa shape index (κ3) is 4.90. The molecule has 2 heterocycles. The number of para-hydroxylation sites is 1. The van der Waals surface area contributed by atoms with Gasteiger partial charge >= 0.3 is 0 Å². The van der Waals surface area contributed by atoms with E-state index >= 15 is 0 Å². The molecule has 0 N–H and O–H groups in total. The second-order valence-corrected chi connectivity index (χ2v) is 10.8. The number of hydrogen-bond acceptors (Lipinski definition) is 5. The molecule has 0 spiro atoms. The van der Waals surface area contributed by atoms with Crippen LogP contribution in [0.1, 0.15) is 0 Å². The normalized spacial score (nSPS) is 11.2. The van der Waals surface area contributed by atoms with Crippen molar-refractivity contribution in [1.29, 1.82) is 0 Å². The lowest BCUT2D eigenvalue weighted by molar-refractivity contribution is 0.416. The number of methoxy groups -OCH3 is 1. The Hall–Kier alpha value is -6.07. The van der Waals surface area contributed by atoms with Gasteiger partial charge in [-0.2, -0.15) is 0 Å². The number of ether oxygens (including phenoxy) is 1. The Labute approximate surface area is 260 Å². The molecule has 214 valence electrons. The Kier molecular flexibility index (Phi) is 6.61. The van der Waals surface area contributed by atoms with Crippen LogP contribution in [-0.4, -0.2) is 22.1 Å². The highest BCUT2D eigenvalue weighted by molar-refractivity contribution is 6.12. The highest BCUT2D eigenvalue weighted by atomic mass is 16.5. The maximum atomic E-state index is 6.37. The molecule has 6 aromatic carbocycles. The van der Waals surface area contributed by atoms with E-state index in [0.717, 1.165) is 66.6 Å². The Balaban J connectivity index is 1.31. The average Bonchev–Trinajstić information content (AvgIpc) is 3.50. The van der Waals surface area contributed by atoms with Crippen LogP contribution in [0, 0.1) is 0 Å². The van der Waals surface area contributed by atoms with Gasteiger partial charge in [0.2, 0.25) is 0 Å². The third-order valence-electron chi connectivity index (χ3n) is 8.05. The Morgan fingerprint density at radius 2 is 1.02 bits per heavy atom. The molecule has 5 heteroatoms. The van der Waals surface area contributed by atoms with Crippen LogP contribution in [0.25, 0.3) is 78.4 Å². The summed E-state index contributed by atoms with van der Waals surface area (Å²) >= 11 is 0. The molecule has 0 aliphatic carbocycles. The summed E-state index contributed by atoms with van der Waals surface area (Å²) in [5, 5.41) is 1.98. The van der Waals surface area contributed by atoms with Crippen LogP contribution in [0.15, 0.2) is 150 Å². The van der Waals surface area contributed by atoms with Crippen LogP contribution in [0.3, 0.4) is 0 Å². The van der Waals surface area contributed by atoms with E-state index in [1.165, 1.54) is 0 Å². The van der Waals surface area contributed by atoms with Crippen LogP contribution in [-0.2, 0) is 0 Å². The summed E-state index contributed by atoms with van der Waals surface area (Å²) < 4.78 is 12.0.